The largest absolute Gasteiger partial charge is 0.147 e. The van der Waals surface area contributed by atoms with E-state index in [0.29, 0.717) is 7.92 Å². The van der Waals surface area contributed by atoms with E-state index in [-0.39, 0.29) is 12.4 Å². The lowest BCUT2D eigenvalue weighted by Crippen LogP contribution is -1.86. The van der Waals surface area contributed by atoms with E-state index in [2.05, 4.69) is 43.7 Å². The number of unbranched alkanes of at least 4 members (excludes halogenated alkanes) is 8. The molecule has 1 aromatic rings. The smallest absolute Gasteiger partial charge is 0.0279 e. The van der Waals surface area contributed by atoms with Crippen molar-refractivity contribution in [1.29, 1.82) is 0 Å². The van der Waals surface area contributed by atoms with E-state index in [9.17, 15) is 0 Å². The SMILES string of the molecule is CP(C)CCCCCCCCCCCc1ccccc1.Cl. The fraction of sp³-hybridized carbons (Fsp3) is 0.684. The molecular weight excluding hydrogens is 295 g/mol. The van der Waals surface area contributed by atoms with Crippen LogP contribution in [0.4, 0.5) is 0 Å². The fourth-order valence-electron chi connectivity index (χ4n) is 2.64. The van der Waals surface area contributed by atoms with Crippen molar-refractivity contribution in [2.45, 2.75) is 64.2 Å². The summed E-state index contributed by atoms with van der Waals surface area (Å²) in [6, 6.07) is 10.9. The van der Waals surface area contributed by atoms with Crippen molar-refractivity contribution in [3.05, 3.63) is 35.9 Å². The summed E-state index contributed by atoms with van der Waals surface area (Å²) >= 11 is 0. The van der Waals surface area contributed by atoms with Crippen LogP contribution in [0.25, 0.3) is 0 Å². The van der Waals surface area contributed by atoms with Crippen LogP contribution >= 0.6 is 20.3 Å². The molecule has 0 radical (unpaired) electrons. The Balaban J connectivity index is 0.00000400. The highest BCUT2D eigenvalue weighted by Crippen LogP contribution is 2.26. The third-order valence-corrected chi connectivity index (χ3v) is 5.12. The summed E-state index contributed by atoms with van der Waals surface area (Å²) in [5.41, 5.74) is 1.50. The molecule has 0 atom stereocenters. The second kappa shape index (κ2) is 14.9. The van der Waals surface area contributed by atoms with Gasteiger partial charge in [-0.25, -0.2) is 0 Å². The Hall–Kier alpha value is -0.0600. The average Bonchev–Trinajstić information content (AvgIpc) is 2.45. The van der Waals surface area contributed by atoms with Gasteiger partial charge in [0.25, 0.3) is 0 Å². The Morgan fingerprint density at radius 3 is 1.67 bits per heavy atom. The van der Waals surface area contributed by atoms with Crippen LogP contribution in [-0.4, -0.2) is 19.5 Å². The maximum atomic E-state index is 2.39. The fourth-order valence-corrected chi connectivity index (χ4v) is 3.50. The molecule has 0 fully saturated rings. The van der Waals surface area contributed by atoms with E-state index >= 15 is 0 Å². The first-order valence-electron chi connectivity index (χ1n) is 8.47. The average molecular weight is 329 g/mol. The quantitative estimate of drug-likeness (QED) is 0.289. The molecule has 0 saturated carbocycles. The number of hydrogen-bond acceptors (Lipinski definition) is 0. The van der Waals surface area contributed by atoms with Crippen molar-refractivity contribution in [2.75, 3.05) is 19.5 Å². The lowest BCUT2D eigenvalue weighted by Gasteiger charge is -2.05. The van der Waals surface area contributed by atoms with Gasteiger partial charge in [0.2, 0.25) is 0 Å². The summed E-state index contributed by atoms with van der Waals surface area (Å²) in [6.07, 6.45) is 15.7. The summed E-state index contributed by atoms with van der Waals surface area (Å²) < 4.78 is 0. The van der Waals surface area contributed by atoms with Gasteiger partial charge in [0.15, 0.2) is 0 Å². The molecule has 21 heavy (non-hydrogen) atoms. The zero-order chi connectivity index (χ0) is 14.5. The Morgan fingerprint density at radius 1 is 0.667 bits per heavy atom. The van der Waals surface area contributed by atoms with Crippen LogP contribution in [0.2, 0.25) is 0 Å². The van der Waals surface area contributed by atoms with Gasteiger partial charge < -0.3 is 0 Å². The summed E-state index contributed by atoms with van der Waals surface area (Å²) in [7, 11) is 0.346. The summed E-state index contributed by atoms with van der Waals surface area (Å²) in [5.74, 6) is 0. The first kappa shape index (κ1) is 20.9. The first-order chi connectivity index (χ1) is 9.79. The van der Waals surface area contributed by atoms with E-state index in [1.165, 1.54) is 75.9 Å². The Bertz CT molecular complexity index is 311. The van der Waals surface area contributed by atoms with Crippen molar-refractivity contribution in [3.63, 3.8) is 0 Å². The first-order valence-corrected chi connectivity index (χ1v) is 10.9. The lowest BCUT2D eigenvalue weighted by molar-refractivity contribution is 0.565. The van der Waals surface area contributed by atoms with Gasteiger partial charge in [-0.05, 0) is 44.3 Å². The molecule has 0 aliphatic heterocycles. The van der Waals surface area contributed by atoms with Crippen molar-refractivity contribution < 1.29 is 0 Å². The minimum atomic E-state index is 0. The zero-order valence-electron chi connectivity index (χ0n) is 14.0. The van der Waals surface area contributed by atoms with Crippen molar-refractivity contribution in [2.24, 2.45) is 0 Å². The molecule has 0 spiro atoms. The second-order valence-electron chi connectivity index (χ2n) is 6.22. The van der Waals surface area contributed by atoms with E-state index < -0.39 is 0 Å². The molecule has 2 heteroatoms. The van der Waals surface area contributed by atoms with Gasteiger partial charge in [0.05, 0.1) is 0 Å². The summed E-state index contributed by atoms with van der Waals surface area (Å²) in [5, 5.41) is 0. The van der Waals surface area contributed by atoms with E-state index in [0.717, 1.165) is 0 Å². The molecule has 0 aromatic heterocycles. The molecule has 122 valence electrons. The van der Waals surface area contributed by atoms with Crippen LogP contribution in [0.1, 0.15) is 63.4 Å². The highest BCUT2D eigenvalue weighted by molar-refractivity contribution is 7.55. The van der Waals surface area contributed by atoms with E-state index in [4.69, 9.17) is 0 Å². The molecule has 0 aliphatic rings. The van der Waals surface area contributed by atoms with E-state index in [1.807, 2.05) is 0 Å². The third kappa shape index (κ3) is 13.3. The van der Waals surface area contributed by atoms with Gasteiger partial charge in [0, 0.05) is 0 Å². The number of rotatable bonds is 12. The Morgan fingerprint density at radius 2 is 1.14 bits per heavy atom. The molecule has 0 aliphatic carbocycles. The van der Waals surface area contributed by atoms with Gasteiger partial charge in [-0.1, -0.05) is 75.3 Å². The molecule has 0 amide bonds. The number of aryl methyl sites for hydroxylation is 1. The van der Waals surface area contributed by atoms with Crippen LogP contribution in [0.5, 0.6) is 0 Å². The maximum absolute atomic E-state index is 2.39. The highest BCUT2D eigenvalue weighted by atomic mass is 35.5. The van der Waals surface area contributed by atoms with Gasteiger partial charge >= 0.3 is 0 Å². The van der Waals surface area contributed by atoms with Crippen LogP contribution in [0.15, 0.2) is 30.3 Å². The minimum absolute atomic E-state index is 0. The molecule has 1 rings (SSSR count). The molecule has 0 bridgehead atoms. The number of benzene rings is 1. The monoisotopic (exact) mass is 328 g/mol. The Labute approximate surface area is 140 Å². The topological polar surface area (TPSA) is 0 Å². The number of halogens is 1. The third-order valence-electron chi connectivity index (χ3n) is 3.91. The Kier molecular flexibility index (Phi) is 14.8. The van der Waals surface area contributed by atoms with Crippen LogP contribution in [0.3, 0.4) is 0 Å². The molecule has 0 nitrogen and oxygen atoms in total. The van der Waals surface area contributed by atoms with Gasteiger partial charge in [0.1, 0.15) is 0 Å². The predicted molar refractivity (Wildman–Crippen MR) is 103 cm³/mol. The summed E-state index contributed by atoms with van der Waals surface area (Å²) in [4.78, 5) is 0. The van der Waals surface area contributed by atoms with Crippen LogP contribution in [-0.2, 0) is 6.42 Å². The highest BCUT2D eigenvalue weighted by Gasteiger charge is 1.95. The second-order valence-corrected chi connectivity index (χ2v) is 8.83. The number of hydrogen-bond donors (Lipinski definition) is 0. The van der Waals surface area contributed by atoms with Crippen LogP contribution < -0.4 is 0 Å². The molecule has 0 saturated heterocycles. The summed E-state index contributed by atoms with van der Waals surface area (Å²) in [6.45, 7) is 4.79. The van der Waals surface area contributed by atoms with Gasteiger partial charge in [-0.2, -0.15) is 0 Å². The standard InChI is InChI=1S/C19H33P.ClH/c1-20(2)18-14-9-7-5-3-4-6-8-11-15-19-16-12-10-13-17-19;/h10,12-13,16-17H,3-9,11,14-15,18H2,1-2H3;1H. The zero-order valence-corrected chi connectivity index (χ0v) is 15.7. The molecule has 0 heterocycles. The lowest BCUT2D eigenvalue weighted by atomic mass is 10.0. The normalized spacial score (nSPS) is 10.6. The molecular formula is C19H34ClP. The van der Waals surface area contributed by atoms with Gasteiger partial charge in [-0.15, -0.1) is 20.3 Å². The molecule has 1 aromatic carbocycles. The van der Waals surface area contributed by atoms with E-state index in [1.54, 1.807) is 0 Å². The van der Waals surface area contributed by atoms with Crippen molar-refractivity contribution in [3.8, 4) is 0 Å². The molecule has 0 unspecified atom stereocenters. The maximum Gasteiger partial charge on any atom is -0.0279 e. The van der Waals surface area contributed by atoms with Gasteiger partial charge in [-0.3, -0.25) is 0 Å². The van der Waals surface area contributed by atoms with Crippen molar-refractivity contribution in [1.82, 2.24) is 0 Å². The minimum Gasteiger partial charge on any atom is -0.147 e. The predicted octanol–water partition coefficient (Wildman–Crippen LogP) is 6.90. The van der Waals surface area contributed by atoms with Crippen LogP contribution in [0, 0.1) is 0 Å². The van der Waals surface area contributed by atoms with Crippen molar-refractivity contribution >= 4 is 20.3 Å². The molecule has 0 N–H and O–H groups in total.